The molecule has 1 N–H and O–H groups in total. The lowest BCUT2D eigenvalue weighted by Gasteiger charge is -2.01. The minimum absolute atomic E-state index is 0. The Labute approximate surface area is 101 Å². The van der Waals surface area contributed by atoms with E-state index in [1.54, 1.807) is 12.4 Å². The standard InChI is InChI=1S/C10H17F2N3.ClH/c1-2-3-4-5-13-9-6-14-15(7-9)8-10(11)12;/h6-7,10,13H,2-5,8H2,1H3;1H. The predicted octanol–water partition coefficient (Wildman–Crippen LogP) is 3.17. The Morgan fingerprint density at radius 1 is 1.44 bits per heavy atom. The van der Waals surface area contributed by atoms with Crippen LogP contribution in [0.1, 0.15) is 26.2 Å². The molecule has 0 aliphatic heterocycles. The Kier molecular flexibility index (Phi) is 7.89. The highest BCUT2D eigenvalue weighted by Gasteiger charge is 2.04. The van der Waals surface area contributed by atoms with Crippen molar-refractivity contribution >= 4 is 18.1 Å². The first-order valence-corrected chi connectivity index (χ1v) is 5.27. The van der Waals surface area contributed by atoms with Crippen LogP contribution in [0.4, 0.5) is 14.5 Å². The van der Waals surface area contributed by atoms with Gasteiger partial charge >= 0.3 is 0 Å². The van der Waals surface area contributed by atoms with Gasteiger partial charge in [-0.3, -0.25) is 4.68 Å². The van der Waals surface area contributed by atoms with E-state index >= 15 is 0 Å². The zero-order valence-corrected chi connectivity index (χ0v) is 10.1. The molecule has 0 aliphatic carbocycles. The second-order valence-corrected chi connectivity index (χ2v) is 3.48. The third-order valence-electron chi connectivity index (χ3n) is 2.07. The van der Waals surface area contributed by atoms with Crippen molar-refractivity contribution in [3.05, 3.63) is 12.4 Å². The van der Waals surface area contributed by atoms with Crippen LogP contribution in [0.5, 0.6) is 0 Å². The van der Waals surface area contributed by atoms with E-state index in [4.69, 9.17) is 0 Å². The van der Waals surface area contributed by atoms with Gasteiger partial charge in [0.05, 0.1) is 11.9 Å². The zero-order chi connectivity index (χ0) is 11.1. The van der Waals surface area contributed by atoms with Crippen molar-refractivity contribution in [3.63, 3.8) is 0 Å². The molecule has 0 aromatic carbocycles. The molecule has 16 heavy (non-hydrogen) atoms. The van der Waals surface area contributed by atoms with Crippen LogP contribution in [0.3, 0.4) is 0 Å². The molecule has 3 nitrogen and oxygen atoms in total. The summed E-state index contributed by atoms with van der Waals surface area (Å²) in [4.78, 5) is 0. The number of rotatable bonds is 7. The van der Waals surface area contributed by atoms with Crippen LogP contribution in [0.2, 0.25) is 0 Å². The quantitative estimate of drug-likeness (QED) is 0.757. The van der Waals surface area contributed by atoms with Gasteiger partial charge in [-0.1, -0.05) is 19.8 Å². The van der Waals surface area contributed by atoms with Crippen LogP contribution in [-0.4, -0.2) is 22.8 Å². The Morgan fingerprint density at radius 2 is 2.19 bits per heavy atom. The molecule has 1 aromatic rings. The van der Waals surface area contributed by atoms with E-state index in [-0.39, 0.29) is 19.0 Å². The SMILES string of the molecule is CCCCCNc1cnn(CC(F)F)c1.Cl. The minimum Gasteiger partial charge on any atom is -0.383 e. The summed E-state index contributed by atoms with van der Waals surface area (Å²) >= 11 is 0. The van der Waals surface area contributed by atoms with Gasteiger partial charge in [-0.2, -0.15) is 5.10 Å². The second kappa shape index (κ2) is 8.33. The molecule has 0 saturated carbocycles. The van der Waals surface area contributed by atoms with Gasteiger partial charge in [0, 0.05) is 12.7 Å². The van der Waals surface area contributed by atoms with E-state index in [0.29, 0.717) is 0 Å². The number of hydrogen-bond donors (Lipinski definition) is 1. The fraction of sp³-hybridized carbons (Fsp3) is 0.700. The summed E-state index contributed by atoms with van der Waals surface area (Å²) in [6.45, 7) is 2.67. The van der Waals surface area contributed by atoms with Gasteiger partial charge < -0.3 is 5.32 Å². The minimum atomic E-state index is -2.35. The van der Waals surface area contributed by atoms with Crippen LogP contribution >= 0.6 is 12.4 Å². The lowest BCUT2D eigenvalue weighted by Crippen LogP contribution is -2.06. The summed E-state index contributed by atoms with van der Waals surface area (Å²) in [6, 6.07) is 0. The molecule has 0 spiro atoms. The van der Waals surface area contributed by atoms with Crippen molar-refractivity contribution in [1.82, 2.24) is 9.78 Å². The van der Waals surface area contributed by atoms with Crippen molar-refractivity contribution in [2.24, 2.45) is 0 Å². The highest BCUT2D eigenvalue weighted by molar-refractivity contribution is 5.85. The topological polar surface area (TPSA) is 29.9 Å². The molecule has 0 atom stereocenters. The van der Waals surface area contributed by atoms with E-state index in [1.165, 1.54) is 17.5 Å². The summed E-state index contributed by atoms with van der Waals surface area (Å²) in [5.74, 6) is 0. The number of hydrogen-bond acceptors (Lipinski definition) is 2. The van der Waals surface area contributed by atoms with E-state index < -0.39 is 6.43 Å². The number of nitrogens with one attached hydrogen (secondary N) is 1. The first-order chi connectivity index (χ1) is 7.22. The first-order valence-electron chi connectivity index (χ1n) is 5.27. The molecule has 0 saturated heterocycles. The van der Waals surface area contributed by atoms with Crippen molar-refractivity contribution in [1.29, 1.82) is 0 Å². The van der Waals surface area contributed by atoms with Crippen molar-refractivity contribution < 1.29 is 8.78 Å². The molecular formula is C10H18ClF2N3. The van der Waals surface area contributed by atoms with Crippen LogP contribution in [0.25, 0.3) is 0 Å². The Morgan fingerprint density at radius 3 is 2.81 bits per heavy atom. The number of halogens is 3. The Hall–Kier alpha value is -0.840. The third-order valence-corrected chi connectivity index (χ3v) is 2.07. The Bertz CT molecular complexity index is 279. The average Bonchev–Trinajstić information content (AvgIpc) is 2.59. The summed E-state index contributed by atoms with van der Waals surface area (Å²) in [7, 11) is 0. The molecule has 0 aliphatic rings. The van der Waals surface area contributed by atoms with Crippen LogP contribution < -0.4 is 5.32 Å². The summed E-state index contributed by atoms with van der Waals surface area (Å²) < 4.78 is 25.3. The monoisotopic (exact) mass is 253 g/mol. The maximum absolute atomic E-state index is 12.0. The van der Waals surface area contributed by atoms with Gasteiger partial charge in [0.2, 0.25) is 0 Å². The molecular weight excluding hydrogens is 236 g/mol. The molecule has 0 amide bonds. The van der Waals surface area contributed by atoms with Crippen molar-refractivity contribution in [2.45, 2.75) is 39.2 Å². The number of unbranched alkanes of at least 4 members (excludes halogenated alkanes) is 2. The van der Waals surface area contributed by atoms with Crippen LogP contribution in [-0.2, 0) is 6.54 Å². The number of aromatic nitrogens is 2. The fourth-order valence-electron chi connectivity index (χ4n) is 1.30. The second-order valence-electron chi connectivity index (χ2n) is 3.48. The van der Waals surface area contributed by atoms with E-state index in [1.807, 2.05) is 0 Å². The van der Waals surface area contributed by atoms with E-state index in [2.05, 4.69) is 17.3 Å². The predicted molar refractivity (Wildman–Crippen MR) is 63.5 cm³/mol. The third kappa shape index (κ3) is 5.90. The van der Waals surface area contributed by atoms with Gasteiger partial charge in [-0.15, -0.1) is 12.4 Å². The lowest BCUT2D eigenvalue weighted by atomic mass is 10.2. The van der Waals surface area contributed by atoms with E-state index in [9.17, 15) is 8.78 Å². The van der Waals surface area contributed by atoms with Crippen molar-refractivity contribution in [3.8, 4) is 0 Å². The normalized spacial score (nSPS) is 10.2. The number of anilines is 1. The van der Waals surface area contributed by atoms with Gasteiger partial charge in [0.15, 0.2) is 0 Å². The molecule has 94 valence electrons. The molecule has 1 aromatic heterocycles. The molecule has 1 rings (SSSR count). The van der Waals surface area contributed by atoms with Crippen LogP contribution in [0.15, 0.2) is 12.4 Å². The molecule has 6 heteroatoms. The van der Waals surface area contributed by atoms with E-state index in [0.717, 1.165) is 18.7 Å². The number of alkyl halides is 2. The van der Waals surface area contributed by atoms with Gasteiger partial charge in [0.1, 0.15) is 6.54 Å². The highest BCUT2D eigenvalue weighted by atomic mass is 35.5. The summed E-state index contributed by atoms with van der Waals surface area (Å²) in [5, 5.41) is 6.97. The van der Waals surface area contributed by atoms with Gasteiger partial charge in [0.25, 0.3) is 6.43 Å². The van der Waals surface area contributed by atoms with Crippen molar-refractivity contribution in [2.75, 3.05) is 11.9 Å². The number of nitrogens with zero attached hydrogens (tertiary/aromatic N) is 2. The van der Waals surface area contributed by atoms with Gasteiger partial charge in [-0.25, -0.2) is 8.78 Å². The molecule has 0 unspecified atom stereocenters. The van der Waals surface area contributed by atoms with Gasteiger partial charge in [-0.05, 0) is 6.42 Å². The zero-order valence-electron chi connectivity index (χ0n) is 9.33. The molecule has 0 bridgehead atoms. The molecule has 1 heterocycles. The maximum atomic E-state index is 12.0. The highest BCUT2D eigenvalue weighted by Crippen LogP contribution is 2.07. The van der Waals surface area contributed by atoms with Crippen LogP contribution in [0, 0.1) is 0 Å². The summed E-state index contributed by atoms with van der Waals surface area (Å²) in [5.41, 5.74) is 0.812. The largest absolute Gasteiger partial charge is 0.383 e. The molecule has 0 fully saturated rings. The maximum Gasteiger partial charge on any atom is 0.257 e. The smallest absolute Gasteiger partial charge is 0.257 e. The average molecular weight is 254 g/mol. The first kappa shape index (κ1) is 15.2. The molecule has 0 radical (unpaired) electrons. The summed E-state index contributed by atoms with van der Waals surface area (Å²) in [6.07, 6.45) is 4.28. The lowest BCUT2D eigenvalue weighted by molar-refractivity contribution is 0.122. The Balaban J connectivity index is 0.00000225. The fourth-order valence-corrected chi connectivity index (χ4v) is 1.30.